The Hall–Kier alpha value is -1.00. The van der Waals surface area contributed by atoms with Crippen LogP contribution < -0.4 is 11.1 Å². The summed E-state index contributed by atoms with van der Waals surface area (Å²) in [5.41, 5.74) is 6.20. The minimum Gasteiger partial charge on any atom is -0.369 e. The maximum atomic E-state index is 11.2. The molecular formula is C13H18N2OS. The van der Waals surface area contributed by atoms with Crippen LogP contribution in [0.25, 0.3) is 0 Å². The second kappa shape index (κ2) is 4.70. The van der Waals surface area contributed by atoms with E-state index < -0.39 is 5.41 Å². The van der Waals surface area contributed by atoms with E-state index in [-0.39, 0.29) is 5.91 Å². The van der Waals surface area contributed by atoms with Gasteiger partial charge < -0.3 is 11.1 Å². The second-order valence-electron chi connectivity index (χ2n) is 5.03. The van der Waals surface area contributed by atoms with Gasteiger partial charge in [0.1, 0.15) is 0 Å². The summed E-state index contributed by atoms with van der Waals surface area (Å²) in [5, 5.41) is 3.44. The van der Waals surface area contributed by atoms with Crippen LogP contribution in [0.1, 0.15) is 25.5 Å². The third-order valence-electron chi connectivity index (χ3n) is 3.16. The number of hydrogen-bond donors (Lipinski definition) is 2. The standard InChI is InChI=1S/C13H18N2OS/c1-13(2,12(14)16)8-15-10-7-17-11-6-4-3-5-9(10)11/h3-6,10,15H,7-8H2,1-2H3,(H2,14,16). The summed E-state index contributed by atoms with van der Waals surface area (Å²) in [7, 11) is 0. The van der Waals surface area contributed by atoms with Crippen LogP contribution in [0.5, 0.6) is 0 Å². The highest BCUT2D eigenvalue weighted by atomic mass is 32.2. The first-order valence-corrected chi connectivity index (χ1v) is 6.74. The highest BCUT2D eigenvalue weighted by molar-refractivity contribution is 7.99. The van der Waals surface area contributed by atoms with Gasteiger partial charge in [-0.1, -0.05) is 18.2 Å². The van der Waals surface area contributed by atoms with Gasteiger partial charge in [0.05, 0.1) is 5.41 Å². The highest BCUT2D eigenvalue weighted by Crippen LogP contribution is 2.37. The topological polar surface area (TPSA) is 55.1 Å². The molecule has 17 heavy (non-hydrogen) atoms. The number of thioether (sulfide) groups is 1. The molecule has 1 heterocycles. The van der Waals surface area contributed by atoms with Crippen LogP contribution in [-0.4, -0.2) is 18.2 Å². The average molecular weight is 250 g/mol. The van der Waals surface area contributed by atoms with Crippen molar-refractivity contribution in [2.75, 3.05) is 12.3 Å². The SMILES string of the molecule is CC(C)(CNC1CSc2ccccc21)C(N)=O. The number of carbonyl (C=O) groups is 1. The zero-order valence-electron chi connectivity index (χ0n) is 10.2. The Balaban J connectivity index is 2.01. The van der Waals surface area contributed by atoms with Gasteiger partial charge >= 0.3 is 0 Å². The zero-order chi connectivity index (χ0) is 12.5. The molecule has 1 atom stereocenters. The summed E-state index contributed by atoms with van der Waals surface area (Å²) in [6.45, 7) is 4.36. The van der Waals surface area contributed by atoms with Crippen LogP contribution >= 0.6 is 11.8 Å². The Labute approximate surface area is 106 Å². The Morgan fingerprint density at radius 2 is 2.24 bits per heavy atom. The molecule has 0 radical (unpaired) electrons. The molecule has 3 N–H and O–H groups in total. The van der Waals surface area contributed by atoms with E-state index in [1.54, 1.807) is 0 Å². The van der Waals surface area contributed by atoms with Crippen molar-refractivity contribution in [3.05, 3.63) is 29.8 Å². The summed E-state index contributed by atoms with van der Waals surface area (Å²) in [6.07, 6.45) is 0. The third-order valence-corrected chi connectivity index (χ3v) is 4.34. The van der Waals surface area contributed by atoms with Crippen LogP contribution in [0, 0.1) is 5.41 Å². The first-order chi connectivity index (χ1) is 8.00. The molecule has 1 aromatic carbocycles. The van der Waals surface area contributed by atoms with Crippen LogP contribution in [0.3, 0.4) is 0 Å². The summed E-state index contributed by atoms with van der Waals surface area (Å²) in [4.78, 5) is 12.6. The molecule has 1 aromatic rings. The van der Waals surface area contributed by atoms with Crippen molar-refractivity contribution >= 4 is 17.7 Å². The Kier molecular flexibility index (Phi) is 3.45. The smallest absolute Gasteiger partial charge is 0.224 e. The van der Waals surface area contributed by atoms with Crippen molar-refractivity contribution in [1.82, 2.24) is 5.32 Å². The van der Waals surface area contributed by atoms with E-state index in [1.807, 2.05) is 25.6 Å². The summed E-state index contributed by atoms with van der Waals surface area (Å²) >= 11 is 1.86. The molecule has 0 fully saturated rings. The van der Waals surface area contributed by atoms with Crippen molar-refractivity contribution in [2.45, 2.75) is 24.8 Å². The quantitative estimate of drug-likeness (QED) is 0.858. The first kappa shape index (κ1) is 12.5. The van der Waals surface area contributed by atoms with Gasteiger partial charge in [0.2, 0.25) is 5.91 Å². The van der Waals surface area contributed by atoms with Gasteiger partial charge in [0, 0.05) is 23.2 Å². The van der Waals surface area contributed by atoms with Gasteiger partial charge in [-0.2, -0.15) is 0 Å². The maximum absolute atomic E-state index is 11.2. The predicted molar refractivity (Wildman–Crippen MR) is 70.9 cm³/mol. The number of amides is 1. The van der Waals surface area contributed by atoms with Gasteiger partial charge in [-0.05, 0) is 25.5 Å². The number of carbonyl (C=O) groups excluding carboxylic acids is 1. The molecule has 0 aromatic heterocycles. The molecule has 3 nitrogen and oxygen atoms in total. The molecule has 0 spiro atoms. The number of fused-ring (bicyclic) bond motifs is 1. The van der Waals surface area contributed by atoms with Gasteiger partial charge in [0.15, 0.2) is 0 Å². The fourth-order valence-electron chi connectivity index (χ4n) is 1.80. The fourth-order valence-corrected chi connectivity index (χ4v) is 2.99. The van der Waals surface area contributed by atoms with E-state index >= 15 is 0 Å². The van der Waals surface area contributed by atoms with Crippen LogP contribution in [0.15, 0.2) is 29.2 Å². The molecule has 1 aliphatic rings. The van der Waals surface area contributed by atoms with E-state index in [9.17, 15) is 4.79 Å². The molecule has 1 unspecified atom stereocenters. The molecule has 0 bridgehead atoms. The summed E-state index contributed by atoms with van der Waals surface area (Å²) < 4.78 is 0. The van der Waals surface area contributed by atoms with Crippen molar-refractivity contribution in [1.29, 1.82) is 0 Å². The third kappa shape index (κ3) is 2.64. The van der Waals surface area contributed by atoms with Crippen LogP contribution in [0.2, 0.25) is 0 Å². The largest absolute Gasteiger partial charge is 0.369 e. The van der Waals surface area contributed by atoms with Gasteiger partial charge in [-0.15, -0.1) is 11.8 Å². The maximum Gasteiger partial charge on any atom is 0.224 e. The normalized spacial score (nSPS) is 19.1. The van der Waals surface area contributed by atoms with E-state index in [1.165, 1.54) is 10.5 Å². The van der Waals surface area contributed by atoms with Crippen molar-refractivity contribution in [3.63, 3.8) is 0 Å². The fraction of sp³-hybridized carbons (Fsp3) is 0.462. The van der Waals surface area contributed by atoms with Gasteiger partial charge in [0.25, 0.3) is 0 Å². The minimum absolute atomic E-state index is 0.260. The minimum atomic E-state index is -0.498. The number of nitrogens with one attached hydrogen (secondary N) is 1. The van der Waals surface area contributed by atoms with Crippen LogP contribution in [-0.2, 0) is 4.79 Å². The lowest BCUT2D eigenvalue weighted by Crippen LogP contribution is -2.41. The lowest BCUT2D eigenvalue weighted by molar-refractivity contribution is -0.125. The molecule has 0 saturated carbocycles. The van der Waals surface area contributed by atoms with Gasteiger partial charge in [-0.25, -0.2) is 0 Å². The molecule has 1 amide bonds. The van der Waals surface area contributed by atoms with E-state index in [4.69, 9.17) is 5.73 Å². The molecule has 2 rings (SSSR count). The molecule has 0 saturated heterocycles. The Morgan fingerprint density at radius 1 is 1.53 bits per heavy atom. The lowest BCUT2D eigenvalue weighted by atomic mass is 9.92. The number of hydrogen-bond acceptors (Lipinski definition) is 3. The van der Waals surface area contributed by atoms with Crippen molar-refractivity contribution in [3.8, 4) is 0 Å². The van der Waals surface area contributed by atoms with Crippen molar-refractivity contribution < 1.29 is 4.79 Å². The average Bonchev–Trinajstić information content (AvgIpc) is 2.69. The molecular weight excluding hydrogens is 232 g/mol. The second-order valence-corrected chi connectivity index (χ2v) is 6.09. The van der Waals surface area contributed by atoms with Gasteiger partial charge in [-0.3, -0.25) is 4.79 Å². The number of nitrogens with two attached hydrogens (primary N) is 1. The Morgan fingerprint density at radius 3 is 2.94 bits per heavy atom. The number of rotatable bonds is 4. The first-order valence-electron chi connectivity index (χ1n) is 5.76. The summed E-state index contributed by atoms with van der Waals surface area (Å²) in [6, 6.07) is 8.72. The highest BCUT2D eigenvalue weighted by Gasteiger charge is 2.28. The predicted octanol–water partition coefficient (Wildman–Crippen LogP) is 1.93. The molecule has 92 valence electrons. The van der Waals surface area contributed by atoms with Crippen molar-refractivity contribution in [2.24, 2.45) is 11.1 Å². The zero-order valence-corrected chi connectivity index (χ0v) is 11.0. The summed E-state index contributed by atoms with van der Waals surface area (Å²) in [5.74, 6) is 0.762. The molecule has 1 aliphatic heterocycles. The monoisotopic (exact) mass is 250 g/mol. The Bertz CT molecular complexity index is 431. The van der Waals surface area contributed by atoms with E-state index in [2.05, 4.69) is 29.6 Å². The number of benzene rings is 1. The number of primary amides is 1. The van der Waals surface area contributed by atoms with E-state index in [0.29, 0.717) is 12.6 Å². The molecule has 0 aliphatic carbocycles. The molecule has 4 heteroatoms. The lowest BCUT2D eigenvalue weighted by Gasteiger charge is -2.23. The van der Waals surface area contributed by atoms with E-state index in [0.717, 1.165) is 5.75 Å². The van der Waals surface area contributed by atoms with Crippen LogP contribution in [0.4, 0.5) is 0 Å².